The fourth-order valence-electron chi connectivity index (χ4n) is 1.55. The Kier molecular flexibility index (Phi) is 7.58. The molecule has 1 amide bonds. The number of hydrogen-bond donors (Lipinski definition) is 1. The number of benzene rings is 1. The first-order valence-electron chi connectivity index (χ1n) is 6.87. The summed E-state index contributed by atoms with van der Waals surface area (Å²) in [5.74, 6) is 0.0340. The van der Waals surface area contributed by atoms with Gasteiger partial charge in [0.15, 0.2) is 0 Å². The summed E-state index contributed by atoms with van der Waals surface area (Å²) in [5.41, 5.74) is 0.667. The molecule has 3 nitrogen and oxygen atoms in total. The van der Waals surface area contributed by atoms with Crippen LogP contribution in [0.25, 0.3) is 6.08 Å². The predicted molar refractivity (Wildman–Crippen MR) is 78.7 cm³/mol. The van der Waals surface area contributed by atoms with E-state index < -0.39 is 0 Å². The molecule has 0 radical (unpaired) electrons. The molecular formula is C16H22FNO2. The Bertz CT molecular complexity index is 444. The van der Waals surface area contributed by atoms with Crippen LogP contribution in [0.5, 0.6) is 0 Å². The van der Waals surface area contributed by atoms with Crippen molar-refractivity contribution in [1.29, 1.82) is 0 Å². The van der Waals surface area contributed by atoms with Crippen LogP contribution in [0.15, 0.2) is 30.3 Å². The van der Waals surface area contributed by atoms with Crippen molar-refractivity contribution in [2.75, 3.05) is 19.8 Å². The SMILES string of the molecule is CC(C)COCCCNC(=O)/C=C/c1cccc(F)c1. The first-order chi connectivity index (χ1) is 9.58. The molecule has 0 aliphatic rings. The Balaban J connectivity index is 2.17. The van der Waals surface area contributed by atoms with E-state index in [9.17, 15) is 9.18 Å². The lowest BCUT2D eigenvalue weighted by atomic mass is 10.2. The third-order valence-electron chi connectivity index (χ3n) is 2.49. The molecule has 0 heterocycles. The molecule has 0 atom stereocenters. The second-order valence-corrected chi connectivity index (χ2v) is 5.00. The quantitative estimate of drug-likeness (QED) is 0.587. The maximum absolute atomic E-state index is 12.9. The zero-order valence-electron chi connectivity index (χ0n) is 12.1. The minimum Gasteiger partial charge on any atom is -0.381 e. The molecule has 0 saturated carbocycles. The Morgan fingerprint density at radius 3 is 2.95 bits per heavy atom. The third-order valence-corrected chi connectivity index (χ3v) is 2.49. The molecule has 0 unspecified atom stereocenters. The van der Waals surface area contributed by atoms with Crippen molar-refractivity contribution in [3.05, 3.63) is 41.7 Å². The number of nitrogens with one attached hydrogen (secondary N) is 1. The van der Waals surface area contributed by atoms with Crippen LogP contribution in [0, 0.1) is 11.7 Å². The summed E-state index contributed by atoms with van der Waals surface area (Å²) in [6, 6.07) is 6.10. The third kappa shape index (κ3) is 7.69. The van der Waals surface area contributed by atoms with Gasteiger partial charge in [-0.3, -0.25) is 4.79 Å². The van der Waals surface area contributed by atoms with Gasteiger partial charge in [0.25, 0.3) is 0 Å². The number of carbonyl (C=O) groups excluding carboxylic acids is 1. The minimum absolute atomic E-state index is 0.182. The lowest BCUT2D eigenvalue weighted by Crippen LogP contribution is -2.23. The maximum atomic E-state index is 12.9. The lowest BCUT2D eigenvalue weighted by molar-refractivity contribution is -0.116. The first kappa shape index (κ1) is 16.4. The van der Waals surface area contributed by atoms with Crippen LogP contribution in [0.1, 0.15) is 25.8 Å². The van der Waals surface area contributed by atoms with E-state index in [-0.39, 0.29) is 11.7 Å². The van der Waals surface area contributed by atoms with E-state index >= 15 is 0 Å². The summed E-state index contributed by atoms with van der Waals surface area (Å²) in [6.45, 7) is 6.15. The van der Waals surface area contributed by atoms with Gasteiger partial charge >= 0.3 is 0 Å². The molecule has 1 aromatic rings. The van der Waals surface area contributed by atoms with Gasteiger partial charge in [0.2, 0.25) is 5.91 Å². The van der Waals surface area contributed by atoms with Gasteiger partial charge < -0.3 is 10.1 Å². The van der Waals surface area contributed by atoms with Crippen LogP contribution in [0.3, 0.4) is 0 Å². The Morgan fingerprint density at radius 1 is 1.45 bits per heavy atom. The second-order valence-electron chi connectivity index (χ2n) is 5.00. The van der Waals surface area contributed by atoms with Gasteiger partial charge in [-0.25, -0.2) is 4.39 Å². The molecule has 0 fully saturated rings. The van der Waals surface area contributed by atoms with Crippen LogP contribution in [0.2, 0.25) is 0 Å². The zero-order valence-corrected chi connectivity index (χ0v) is 12.1. The molecule has 4 heteroatoms. The molecule has 1 N–H and O–H groups in total. The van der Waals surface area contributed by atoms with E-state index in [4.69, 9.17) is 4.74 Å². The highest BCUT2D eigenvalue weighted by molar-refractivity contribution is 5.91. The molecule has 0 aromatic heterocycles. The van der Waals surface area contributed by atoms with Crippen molar-refractivity contribution in [1.82, 2.24) is 5.32 Å². The highest BCUT2D eigenvalue weighted by Crippen LogP contribution is 2.04. The topological polar surface area (TPSA) is 38.3 Å². The van der Waals surface area contributed by atoms with Gasteiger partial charge in [-0.1, -0.05) is 26.0 Å². The van der Waals surface area contributed by atoms with Crippen molar-refractivity contribution in [3.63, 3.8) is 0 Å². The minimum atomic E-state index is -0.310. The standard InChI is InChI=1S/C16H22FNO2/c1-13(2)12-20-10-4-9-18-16(19)8-7-14-5-3-6-15(17)11-14/h3,5-8,11,13H,4,9-10,12H2,1-2H3,(H,18,19)/b8-7+. The maximum Gasteiger partial charge on any atom is 0.244 e. The van der Waals surface area contributed by atoms with Gasteiger partial charge in [-0.05, 0) is 36.1 Å². The van der Waals surface area contributed by atoms with E-state index in [0.717, 1.165) is 13.0 Å². The van der Waals surface area contributed by atoms with Gasteiger partial charge in [0.05, 0.1) is 0 Å². The Hall–Kier alpha value is -1.68. The summed E-state index contributed by atoms with van der Waals surface area (Å²) in [7, 11) is 0. The number of hydrogen-bond acceptors (Lipinski definition) is 2. The highest BCUT2D eigenvalue weighted by Gasteiger charge is 1.97. The summed E-state index contributed by atoms with van der Waals surface area (Å²) in [4.78, 5) is 11.5. The lowest BCUT2D eigenvalue weighted by Gasteiger charge is -2.06. The van der Waals surface area contributed by atoms with Gasteiger partial charge in [-0.15, -0.1) is 0 Å². The molecule has 20 heavy (non-hydrogen) atoms. The summed E-state index contributed by atoms with van der Waals surface area (Å²) in [5, 5.41) is 2.76. The molecule has 0 aliphatic heterocycles. The van der Waals surface area contributed by atoms with E-state index in [2.05, 4.69) is 19.2 Å². The number of rotatable bonds is 8. The number of ether oxygens (including phenoxy) is 1. The van der Waals surface area contributed by atoms with Gasteiger partial charge in [0.1, 0.15) is 5.82 Å². The average Bonchev–Trinajstić information content (AvgIpc) is 2.40. The molecule has 110 valence electrons. The molecule has 0 aliphatic carbocycles. The smallest absolute Gasteiger partial charge is 0.244 e. The molecular weight excluding hydrogens is 257 g/mol. The summed E-state index contributed by atoms with van der Waals surface area (Å²) >= 11 is 0. The number of halogens is 1. The van der Waals surface area contributed by atoms with Crippen LogP contribution in [-0.4, -0.2) is 25.7 Å². The molecule has 0 bridgehead atoms. The van der Waals surface area contributed by atoms with E-state index in [1.54, 1.807) is 18.2 Å². The molecule has 1 rings (SSSR count). The predicted octanol–water partition coefficient (Wildman–Crippen LogP) is 3.02. The largest absolute Gasteiger partial charge is 0.381 e. The van der Waals surface area contributed by atoms with Crippen molar-refractivity contribution >= 4 is 12.0 Å². The summed E-state index contributed by atoms with van der Waals surface area (Å²) < 4.78 is 18.3. The van der Waals surface area contributed by atoms with E-state index in [0.29, 0.717) is 24.6 Å². The van der Waals surface area contributed by atoms with Gasteiger partial charge in [0, 0.05) is 25.8 Å². The van der Waals surface area contributed by atoms with Crippen LogP contribution in [0.4, 0.5) is 4.39 Å². The monoisotopic (exact) mass is 279 g/mol. The first-order valence-corrected chi connectivity index (χ1v) is 6.87. The molecule has 0 spiro atoms. The van der Waals surface area contributed by atoms with Crippen LogP contribution >= 0.6 is 0 Å². The van der Waals surface area contributed by atoms with E-state index in [1.165, 1.54) is 18.2 Å². The Labute approximate surface area is 119 Å². The normalized spacial score (nSPS) is 11.2. The van der Waals surface area contributed by atoms with Crippen molar-refractivity contribution < 1.29 is 13.9 Å². The second kappa shape index (κ2) is 9.26. The van der Waals surface area contributed by atoms with Crippen LogP contribution in [-0.2, 0) is 9.53 Å². The fraction of sp³-hybridized carbons (Fsp3) is 0.438. The number of amides is 1. The van der Waals surface area contributed by atoms with Crippen molar-refractivity contribution in [3.8, 4) is 0 Å². The summed E-state index contributed by atoms with van der Waals surface area (Å²) in [6.07, 6.45) is 3.78. The Morgan fingerprint density at radius 2 is 2.25 bits per heavy atom. The van der Waals surface area contributed by atoms with Crippen molar-refractivity contribution in [2.24, 2.45) is 5.92 Å². The molecule has 1 aromatic carbocycles. The average molecular weight is 279 g/mol. The van der Waals surface area contributed by atoms with Gasteiger partial charge in [-0.2, -0.15) is 0 Å². The fourth-order valence-corrected chi connectivity index (χ4v) is 1.55. The zero-order chi connectivity index (χ0) is 14.8. The van der Waals surface area contributed by atoms with Crippen LogP contribution < -0.4 is 5.32 Å². The number of carbonyl (C=O) groups is 1. The molecule has 0 saturated heterocycles. The highest BCUT2D eigenvalue weighted by atomic mass is 19.1. The van der Waals surface area contributed by atoms with Crippen molar-refractivity contribution in [2.45, 2.75) is 20.3 Å². The van der Waals surface area contributed by atoms with E-state index in [1.807, 2.05) is 0 Å².